The van der Waals surface area contributed by atoms with E-state index < -0.39 is 98.7 Å². The second kappa shape index (κ2) is 11.3. The van der Waals surface area contributed by atoms with Gasteiger partial charge >= 0.3 is 6.18 Å². The zero-order valence-corrected chi connectivity index (χ0v) is 26.8. The number of nitrogens with two attached hydrogens (primary N) is 1. The molecule has 0 saturated heterocycles. The fourth-order valence-corrected chi connectivity index (χ4v) is 8.73. The van der Waals surface area contributed by atoms with Crippen LogP contribution in [0.2, 0.25) is 0 Å². The van der Waals surface area contributed by atoms with Crippen LogP contribution in [0.1, 0.15) is 78.9 Å². The number of aliphatic hydroxyl groups is 3. The van der Waals surface area contributed by atoms with Gasteiger partial charge in [0.25, 0.3) is 5.91 Å². The van der Waals surface area contributed by atoms with Crippen molar-refractivity contribution in [1.82, 2.24) is 9.80 Å². The minimum absolute atomic E-state index is 0.0460. The molecule has 0 unspecified atom stereocenters. The van der Waals surface area contributed by atoms with Crippen LogP contribution < -0.4 is 5.73 Å². The lowest BCUT2D eigenvalue weighted by Crippen LogP contribution is -2.63. The summed E-state index contributed by atoms with van der Waals surface area (Å²) in [4.78, 5) is 43.1. The van der Waals surface area contributed by atoms with Gasteiger partial charge in [0.05, 0.1) is 17.2 Å². The van der Waals surface area contributed by atoms with Crippen LogP contribution in [0.15, 0.2) is 28.7 Å². The number of hydrogen-bond acceptors (Lipinski definition) is 9. The van der Waals surface area contributed by atoms with E-state index in [0.717, 1.165) is 44.6 Å². The summed E-state index contributed by atoms with van der Waals surface area (Å²) < 4.78 is 45.2. The highest BCUT2D eigenvalue weighted by Gasteiger charge is 2.63. The molecule has 1 aromatic rings. The van der Waals surface area contributed by atoms with Gasteiger partial charge in [-0.15, -0.1) is 0 Å². The molecule has 0 heterocycles. The fraction of sp³-hybridized carbons (Fsp3) is 0.618. The molecule has 0 aromatic heterocycles. The molecular formula is C34H42F3N3O7. The van der Waals surface area contributed by atoms with Gasteiger partial charge in [-0.2, -0.15) is 13.2 Å². The standard InChI is InChI=1S/C34H42F3N3O7/c1-4-32(8-5-9-32)15-40(13-16-6-7-16)14-18-12-21(41)23-19(25(18)34(35,36)37)10-17-11-20-26(39(2)3)28(43)24(31(38)46)30(45)33(20,47)29(44)22(17)27(23)42/h12,16-17,20,26,41,43-44,47H,4-11,13-15H2,1-3H3,(H2,38,46)/t17-,20-,26-,33-/m0/s1. The van der Waals surface area contributed by atoms with Crippen LogP contribution in [0.25, 0.3) is 0 Å². The molecule has 0 spiro atoms. The Kier molecular flexibility index (Phi) is 8.08. The van der Waals surface area contributed by atoms with Crippen molar-refractivity contribution in [2.45, 2.75) is 82.7 Å². The highest BCUT2D eigenvalue weighted by Crippen LogP contribution is 2.54. The van der Waals surface area contributed by atoms with Crippen LogP contribution in [0.4, 0.5) is 13.2 Å². The van der Waals surface area contributed by atoms with Crippen molar-refractivity contribution in [3.8, 4) is 5.75 Å². The molecule has 1 amide bonds. The van der Waals surface area contributed by atoms with E-state index in [4.69, 9.17) is 5.73 Å². The molecule has 10 nitrogen and oxygen atoms in total. The minimum atomic E-state index is -4.89. The maximum absolute atomic E-state index is 15.1. The lowest BCUT2D eigenvalue weighted by molar-refractivity contribution is -0.148. The van der Waals surface area contributed by atoms with Crippen LogP contribution in [0.3, 0.4) is 0 Å². The third-order valence-electron chi connectivity index (χ3n) is 11.4. The quantitative estimate of drug-likeness (QED) is 0.247. The molecule has 2 saturated carbocycles. The number of likely N-dealkylation sites (N-methyl/N-ethyl adjacent to an activating group) is 1. The van der Waals surface area contributed by atoms with Gasteiger partial charge in [-0.3, -0.25) is 24.2 Å². The van der Waals surface area contributed by atoms with E-state index in [9.17, 15) is 34.8 Å². The molecule has 0 radical (unpaired) electrons. The molecule has 13 heteroatoms. The number of alkyl halides is 3. The Morgan fingerprint density at radius 2 is 1.79 bits per heavy atom. The SMILES string of the molecule is CCC1(CN(Cc2cc(O)c3c(c2C(F)(F)F)C[C@H]2C[C@H]4[C@H](N(C)C)C(O)=C(C(N)=O)C(=O)[C@@]4(O)C(O)=C2C3=O)CC2CC2)CCC1. The van der Waals surface area contributed by atoms with Crippen LogP contribution in [0.5, 0.6) is 5.75 Å². The Morgan fingerprint density at radius 3 is 2.30 bits per heavy atom. The number of phenols is 1. The zero-order valence-electron chi connectivity index (χ0n) is 26.8. The number of Topliss-reactive ketones (excluding diaryl/α,β-unsaturated/α-hetero) is 2. The Balaban J connectivity index is 1.46. The van der Waals surface area contributed by atoms with E-state index in [-0.39, 0.29) is 23.9 Å². The van der Waals surface area contributed by atoms with Crippen molar-refractivity contribution >= 4 is 17.5 Å². The summed E-state index contributed by atoms with van der Waals surface area (Å²) in [7, 11) is 2.97. The van der Waals surface area contributed by atoms with Gasteiger partial charge in [-0.05, 0) is 93.5 Å². The molecule has 0 aliphatic heterocycles. The Morgan fingerprint density at radius 1 is 1.13 bits per heavy atom. The number of fused-ring (bicyclic) bond motifs is 3. The topological polar surface area (TPSA) is 165 Å². The van der Waals surface area contributed by atoms with Crippen molar-refractivity contribution in [2.75, 3.05) is 27.2 Å². The fourth-order valence-electron chi connectivity index (χ4n) is 8.73. The van der Waals surface area contributed by atoms with Gasteiger partial charge in [0, 0.05) is 31.1 Å². The lowest BCUT2D eigenvalue weighted by Gasteiger charge is -2.50. The average Bonchev–Trinajstić information content (AvgIpc) is 3.75. The second-order valence-electron chi connectivity index (χ2n) is 14.6. The molecule has 0 bridgehead atoms. The number of aromatic hydroxyl groups is 1. The van der Waals surface area contributed by atoms with Crippen molar-refractivity contribution in [3.05, 3.63) is 51.0 Å². The van der Waals surface area contributed by atoms with Gasteiger partial charge in [-0.25, -0.2) is 0 Å². The highest BCUT2D eigenvalue weighted by atomic mass is 19.4. The van der Waals surface area contributed by atoms with Gasteiger partial charge in [0.2, 0.25) is 5.78 Å². The predicted octanol–water partition coefficient (Wildman–Crippen LogP) is 3.93. The van der Waals surface area contributed by atoms with Crippen molar-refractivity contribution in [2.24, 2.45) is 28.9 Å². The first-order chi connectivity index (χ1) is 21.9. The summed E-state index contributed by atoms with van der Waals surface area (Å²) in [6.45, 7) is 3.32. The third-order valence-corrected chi connectivity index (χ3v) is 11.4. The summed E-state index contributed by atoms with van der Waals surface area (Å²) in [5.41, 5.74) is -1.09. The lowest BCUT2D eigenvalue weighted by atomic mass is 9.58. The second-order valence-corrected chi connectivity index (χ2v) is 14.6. The number of nitrogens with zero attached hydrogens (tertiary/aromatic N) is 2. The number of aliphatic hydroxyl groups excluding tert-OH is 2. The van der Waals surface area contributed by atoms with Gasteiger partial charge < -0.3 is 26.2 Å². The van der Waals surface area contributed by atoms with E-state index in [2.05, 4.69) is 11.8 Å². The monoisotopic (exact) mass is 661 g/mol. The normalized spacial score (nSPS) is 28.7. The van der Waals surface area contributed by atoms with E-state index in [0.29, 0.717) is 19.0 Å². The summed E-state index contributed by atoms with van der Waals surface area (Å²) in [6, 6.07) is -0.257. The zero-order chi connectivity index (χ0) is 34.4. The largest absolute Gasteiger partial charge is 0.510 e. The highest BCUT2D eigenvalue weighted by molar-refractivity contribution is 6.24. The van der Waals surface area contributed by atoms with E-state index >= 15 is 13.2 Å². The van der Waals surface area contributed by atoms with Crippen LogP contribution in [-0.2, 0) is 28.7 Å². The minimum Gasteiger partial charge on any atom is -0.510 e. The Labute approximate surface area is 270 Å². The summed E-state index contributed by atoms with van der Waals surface area (Å²) in [5, 5.41) is 45.3. The molecule has 5 aliphatic carbocycles. The molecule has 2 fully saturated rings. The molecule has 6 N–H and O–H groups in total. The number of allylic oxidation sites excluding steroid dienone is 1. The van der Waals surface area contributed by atoms with Crippen molar-refractivity contribution in [3.63, 3.8) is 0 Å². The number of halogens is 3. The number of ketones is 2. The number of rotatable bonds is 9. The number of amides is 1. The number of carbonyl (C=O) groups is 3. The maximum atomic E-state index is 15.1. The van der Waals surface area contributed by atoms with Crippen LogP contribution in [0, 0.1) is 23.2 Å². The molecule has 5 aliphatic rings. The van der Waals surface area contributed by atoms with Gasteiger partial charge in [0.15, 0.2) is 11.4 Å². The first-order valence-electron chi connectivity index (χ1n) is 16.3. The number of carbonyl (C=O) groups excluding carboxylic acids is 3. The average molecular weight is 662 g/mol. The Bertz CT molecular complexity index is 1600. The molecule has 6 rings (SSSR count). The van der Waals surface area contributed by atoms with Crippen LogP contribution >= 0.6 is 0 Å². The molecule has 47 heavy (non-hydrogen) atoms. The molecule has 256 valence electrons. The van der Waals surface area contributed by atoms with Gasteiger partial charge in [0.1, 0.15) is 22.8 Å². The maximum Gasteiger partial charge on any atom is 0.417 e. The number of primary amides is 1. The Hall–Kier alpha value is -3.42. The summed E-state index contributed by atoms with van der Waals surface area (Å²) in [6.07, 6.45) is 0.447. The van der Waals surface area contributed by atoms with Crippen molar-refractivity contribution < 1.29 is 48.0 Å². The number of benzene rings is 1. The van der Waals surface area contributed by atoms with E-state index in [1.54, 1.807) is 0 Å². The van der Waals surface area contributed by atoms with E-state index in [1.807, 2.05) is 0 Å². The first kappa shape index (κ1) is 33.5. The molecular weight excluding hydrogens is 619 g/mol. The third kappa shape index (κ3) is 5.25. The number of phenolic OH excluding ortho intramolecular Hbond substituents is 1. The molecule has 4 atom stereocenters. The van der Waals surface area contributed by atoms with Crippen molar-refractivity contribution in [1.29, 1.82) is 0 Å². The summed E-state index contributed by atoms with van der Waals surface area (Å²) >= 11 is 0. The smallest absolute Gasteiger partial charge is 0.417 e. The van der Waals surface area contributed by atoms with Gasteiger partial charge in [-0.1, -0.05) is 13.3 Å². The van der Waals surface area contributed by atoms with Crippen LogP contribution in [-0.4, -0.2) is 86.5 Å². The summed E-state index contributed by atoms with van der Waals surface area (Å²) in [5.74, 6) is -8.47. The molecule has 1 aromatic carbocycles. The first-order valence-corrected chi connectivity index (χ1v) is 16.3. The number of hydrogen-bond donors (Lipinski definition) is 5. The predicted molar refractivity (Wildman–Crippen MR) is 163 cm³/mol. The van der Waals surface area contributed by atoms with E-state index in [1.165, 1.54) is 19.0 Å².